The summed E-state index contributed by atoms with van der Waals surface area (Å²) < 4.78 is 15.6. The van der Waals surface area contributed by atoms with Crippen LogP contribution in [0.5, 0.6) is 0 Å². The first kappa shape index (κ1) is 38.7. The van der Waals surface area contributed by atoms with Crippen LogP contribution in [-0.4, -0.2) is 100 Å². The van der Waals surface area contributed by atoms with Crippen molar-refractivity contribution in [2.24, 2.45) is 17.8 Å². The zero-order chi connectivity index (χ0) is 40.9. The zero-order valence-electron chi connectivity index (χ0n) is 34.3. The minimum atomic E-state index is -0.616. The van der Waals surface area contributed by atoms with Gasteiger partial charge in [-0.05, 0) is 104 Å². The summed E-state index contributed by atoms with van der Waals surface area (Å²) in [6.45, 7) is 2.00. The Hall–Kier alpha value is -5.53. The van der Waals surface area contributed by atoms with Crippen LogP contribution < -0.4 is 5.32 Å². The molecule has 3 saturated heterocycles. The van der Waals surface area contributed by atoms with Crippen LogP contribution in [0, 0.1) is 17.8 Å². The van der Waals surface area contributed by atoms with E-state index >= 15 is 0 Å². The molecule has 3 aliphatic heterocycles. The molecule has 7 atom stereocenters. The van der Waals surface area contributed by atoms with Gasteiger partial charge in [-0.25, -0.2) is 14.8 Å². The third kappa shape index (κ3) is 7.25. The van der Waals surface area contributed by atoms with E-state index in [1.54, 1.807) is 7.11 Å². The normalized spacial score (nSPS) is 24.9. The highest BCUT2D eigenvalue weighted by molar-refractivity contribution is 6.05. The molecule has 60 heavy (non-hydrogen) atoms. The smallest absolute Gasteiger partial charge is 0.407 e. The first-order valence-electron chi connectivity index (χ1n) is 21.7. The van der Waals surface area contributed by atoms with Crippen LogP contribution in [0.3, 0.4) is 0 Å². The number of hydrogen-bond acceptors (Lipinski definition) is 8. The number of H-pyrrole nitrogens is 2. The number of nitrogens with zero attached hydrogens (tertiary/aromatic N) is 4. The van der Waals surface area contributed by atoms with Gasteiger partial charge in [0.15, 0.2) is 0 Å². The van der Waals surface area contributed by atoms with E-state index in [0.717, 1.165) is 127 Å². The molecule has 5 aromatic rings. The lowest BCUT2D eigenvalue weighted by molar-refractivity contribution is -0.139. The number of piperidine rings is 2. The van der Waals surface area contributed by atoms with Crippen molar-refractivity contribution in [3.63, 3.8) is 0 Å². The molecule has 0 radical (unpaired) electrons. The second kappa shape index (κ2) is 16.2. The molecule has 3 aromatic carbocycles. The lowest BCUT2D eigenvalue weighted by Gasteiger charge is -2.36. The predicted molar refractivity (Wildman–Crippen MR) is 227 cm³/mol. The van der Waals surface area contributed by atoms with Crippen molar-refractivity contribution >= 4 is 39.7 Å². The molecule has 3 N–H and O–H groups in total. The number of benzene rings is 3. The van der Waals surface area contributed by atoms with Gasteiger partial charge in [0.05, 0.1) is 61.2 Å². The van der Waals surface area contributed by atoms with E-state index < -0.39 is 6.09 Å². The third-order valence-corrected chi connectivity index (χ3v) is 13.8. The van der Waals surface area contributed by atoms with Crippen LogP contribution in [0.2, 0.25) is 0 Å². The zero-order valence-corrected chi connectivity index (χ0v) is 34.3. The quantitative estimate of drug-likeness (QED) is 0.0859. The molecule has 10 rings (SSSR count). The van der Waals surface area contributed by atoms with Crippen molar-refractivity contribution in [1.29, 1.82) is 0 Å². The maximum absolute atomic E-state index is 14.5. The third-order valence-electron chi connectivity index (χ3n) is 13.8. The van der Waals surface area contributed by atoms with Crippen molar-refractivity contribution in [1.82, 2.24) is 35.1 Å². The number of carbonyl (C=O) groups is 3. The molecule has 2 aliphatic carbocycles. The number of hydrogen-bond donors (Lipinski definition) is 3. The summed E-state index contributed by atoms with van der Waals surface area (Å²) in [6.07, 6.45) is 12.0. The van der Waals surface area contributed by atoms with E-state index in [4.69, 9.17) is 19.4 Å². The lowest BCUT2D eigenvalue weighted by atomic mass is 9.92. The highest BCUT2D eigenvalue weighted by Crippen LogP contribution is 2.53. The van der Waals surface area contributed by atoms with E-state index in [0.29, 0.717) is 18.4 Å². The van der Waals surface area contributed by atoms with Gasteiger partial charge >= 0.3 is 6.09 Å². The highest BCUT2D eigenvalue weighted by Gasteiger charge is 2.55. The fraction of sp³-hybridized carbons (Fsp3) is 0.468. The maximum Gasteiger partial charge on any atom is 0.407 e. The van der Waals surface area contributed by atoms with Gasteiger partial charge in [0.25, 0.3) is 0 Å². The molecule has 5 aliphatic rings. The Bertz CT molecular complexity index is 2450. The van der Waals surface area contributed by atoms with Gasteiger partial charge in [-0.3, -0.25) is 9.59 Å². The van der Waals surface area contributed by atoms with Crippen molar-refractivity contribution in [2.75, 3.05) is 40.6 Å². The van der Waals surface area contributed by atoms with Crippen LogP contribution in [0.4, 0.5) is 4.79 Å². The van der Waals surface area contributed by atoms with Crippen LogP contribution in [-0.2, 0) is 23.8 Å². The number of carbonyl (C=O) groups excluding carboxylic acids is 3. The Morgan fingerprint density at radius 2 is 1.73 bits per heavy atom. The SMILES string of the molecule is COCCC[C@@H](C=C1CCOCC1)C(=O)N1C(c2ncc(-c3ccc(-c4ccc5c(ccc6[nH]c(C7C[C@H]8C[C@H]8N7C(=O)CNC(=O)OC)nc65)c4)cc3)[nH]2)[C@H]2CC[C@@H]1C2. The van der Waals surface area contributed by atoms with Crippen molar-refractivity contribution < 1.29 is 28.6 Å². The first-order valence-corrected chi connectivity index (χ1v) is 21.7. The van der Waals surface area contributed by atoms with E-state index in [-0.39, 0.29) is 48.4 Å². The fourth-order valence-electron chi connectivity index (χ4n) is 10.7. The maximum atomic E-state index is 14.5. The summed E-state index contributed by atoms with van der Waals surface area (Å²) >= 11 is 0. The summed E-state index contributed by atoms with van der Waals surface area (Å²) in [4.78, 5) is 60.5. The molecule has 2 bridgehead atoms. The average molecular weight is 812 g/mol. The van der Waals surface area contributed by atoms with E-state index in [1.165, 1.54) is 12.7 Å². The van der Waals surface area contributed by atoms with Gasteiger partial charge in [0.2, 0.25) is 11.8 Å². The first-order chi connectivity index (χ1) is 29.4. The number of nitrogens with one attached hydrogen (secondary N) is 3. The summed E-state index contributed by atoms with van der Waals surface area (Å²) in [7, 11) is 3.01. The largest absolute Gasteiger partial charge is 0.453 e. The minimum Gasteiger partial charge on any atom is -0.453 e. The number of likely N-dealkylation sites (tertiary alicyclic amines) is 2. The predicted octanol–water partition coefficient (Wildman–Crippen LogP) is 7.62. The van der Waals surface area contributed by atoms with E-state index in [1.807, 2.05) is 11.1 Å². The highest BCUT2D eigenvalue weighted by atomic mass is 16.5. The Kier molecular flexibility index (Phi) is 10.4. The number of ether oxygens (including phenoxy) is 3. The molecule has 13 heteroatoms. The molecular formula is C47H53N7O6. The molecule has 2 aromatic heterocycles. The van der Waals surface area contributed by atoms with Gasteiger partial charge in [-0.2, -0.15) is 0 Å². The second-order valence-corrected chi connectivity index (χ2v) is 17.3. The Morgan fingerprint density at radius 1 is 0.917 bits per heavy atom. The van der Waals surface area contributed by atoms with E-state index in [9.17, 15) is 14.4 Å². The number of rotatable bonds is 12. The molecule has 13 nitrogen and oxygen atoms in total. The van der Waals surface area contributed by atoms with Crippen molar-refractivity contribution in [2.45, 2.75) is 82.0 Å². The number of aromatic nitrogens is 4. The number of aromatic amines is 2. The van der Waals surface area contributed by atoms with Gasteiger partial charge in [0, 0.05) is 31.2 Å². The van der Waals surface area contributed by atoms with Gasteiger partial charge in [-0.1, -0.05) is 54.1 Å². The van der Waals surface area contributed by atoms with Crippen LogP contribution in [0.1, 0.15) is 81.5 Å². The molecular weight excluding hydrogens is 759 g/mol. The molecule has 5 fully saturated rings. The number of amides is 3. The molecule has 2 saturated carbocycles. The summed E-state index contributed by atoms with van der Waals surface area (Å²) in [6, 6.07) is 19.5. The molecule has 0 spiro atoms. The summed E-state index contributed by atoms with van der Waals surface area (Å²) in [5.41, 5.74) is 7.35. The Morgan fingerprint density at radius 3 is 2.55 bits per heavy atom. The Balaban J connectivity index is 0.854. The van der Waals surface area contributed by atoms with E-state index in [2.05, 4.69) is 85.6 Å². The molecule has 3 amide bonds. The van der Waals surface area contributed by atoms with Crippen LogP contribution in [0.15, 0.2) is 72.4 Å². The van der Waals surface area contributed by atoms with Gasteiger partial charge in [0.1, 0.15) is 18.2 Å². The van der Waals surface area contributed by atoms with Gasteiger partial charge < -0.3 is 39.3 Å². The standard InChI is InChI=1S/C47H53N7O6/c1-58-17-3-4-33(20-27-15-18-60-19-16-27)46(56)53-35-12-9-32(22-35)43(53)45-48-25-38(51-45)29-7-5-28(6-8-29)30-10-13-36-31(21-30)11-14-37-42(36)52-44(50-37)40-24-34-23-39(34)54(40)41(55)26-49-47(57)59-2/h5-8,10-11,13-14,20-21,25,32-35,39-40,43H,3-4,9,12,15-19,22-24,26H2,1-2H3,(H,48,51)(H,49,57)(H,50,52)/t32-,33-,34+,35+,39+,40?,43?/m0/s1. The second-order valence-electron chi connectivity index (χ2n) is 17.3. The Labute approximate surface area is 349 Å². The number of imidazole rings is 2. The van der Waals surface area contributed by atoms with Crippen LogP contribution >= 0.6 is 0 Å². The number of alkyl carbamates (subject to hydrolysis) is 1. The van der Waals surface area contributed by atoms with Crippen LogP contribution in [0.25, 0.3) is 44.2 Å². The fourth-order valence-corrected chi connectivity index (χ4v) is 10.7. The number of fused-ring (bicyclic) bond motifs is 6. The average Bonchev–Trinajstić information content (AvgIpc) is 3.90. The summed E-state index contributed by atoms with van der Waals surface area (Å²) in [5, 5.41) is 4.66. The molecule has 312 valence electrons. The lowest BCUT2D eigenvalue weighted by Crippen LogP contribution is -2.43. The minimum absolute atomic E-state index is 0.0440. The molecule has 2 unspecified atom stereocenters. The number of methoxy groups -OCH3 is 2. The summed E-state index contributed by atoms with van der Waals surface area (Å²) in [5.74, 6) is 2.48. The van der Waals surface area contributed by atoms with Crippen molar-refractivity contribution in [3.8, 4) is 22.4 Å². The molecule has 5 heterocycles. The monoisotopic (exact) mass is 811 g/mol. The topological polar surface area (TPSA) is 155 Å². The van der Waals surface area contributed by atoms with Crippen molar-refractivity contribution in [3.05, 3.63) is 84.1 Å². The van der Waals surface area contributed by atoms with Gasteiger partial charge in [-0.15, -0.1) is 0 Å².